The van der Waals surface area contributed by atoms with E-state index in [9.17, 15) is 0 Å². The number of hydrogen-bond acceptors (Lipinski definition) is 3. The second-order valence-electron chi connectivity index (χ2n) is 5.36. The lowest BCUT2D eigenvalue weighted by Gasteiger charge is -2.10. The van der Waals surface area contributed by atoms with Gasteiger partial charge < -0.3 is 27.2 Å². The second-order valence-corrected chi connectivity index (χ2v) is 6.18. The largest absolute Gasteiger partial charge is 1.00 e. The van der Waals surface area contributed by atoms with Crippen molar-refractivity contribution in [2.24, 2.45) is 0 Å². The fraction of sp³-hybridized carbons (Fsp3) is 0.278. The summed E-state index contributed by atoms with van der Waals surface area (Å²) in [5.41, 5.74) is 2.92. The van der Waals surface area contributed by atoms with E-state index in [0.29, 0.717) is 24.1 Å². The van der Waals surface area contributed by atoms with E-state index in [1.54, 1.807) is 7.11 Å². The van der Waals surface area contributed by atoms with Gasteiger partial charge in [-0.1, -0.05) is 11.6 Å². The summed E-state index contributed by atoms with van der Waals surface area (Å²) in [5.74, 6) is 1.32. The molecule has 0 aliphatic heterocycles. The van der Waals surface area contributed by atoms with E-state index in [0.717, 1.165) is 39.8 Å². The van der Waals surface area contributed by atoms with Crippen LogP contribution in [-0.4, -0.2) is 37.7 Å². The van der Waals surface area contributed by atoms with Gasteiger partial charge in [0.1, 0.15) is 18.0 Å². The van der Waals surface area contributed by atoms with Crippen LogP contribution in [0.15, 0.2) is 36.4 Å². The van der Waals surface area contributed by atoms with Crippen LogP contribution in [0.1, 0.15) is 0 Å². The number of benzene rings is 2. The van der Waals surface area contributed by atoms with Crippen molar-refractivity contribution in [3.8, 4) is 5.75 Å². The van der Waals surface area contributed by atoms with Crippen molar-refractivity contribution in [1.82, 2.24) is 4.98 Å². The van der Waals surface area contributed by atoms with E-state index in [2.05, 4.69) is 5.32 Å². The molecule has 3 rings (SSSR count). The van der Waals surface area contributed by atoms with Crippen molar-refractivity contribution in [2.45, 2.75) is 0 Å². The Labute approximate surface area is 162 Å². The molecule has 4 nitrogen and oxygen atoms in total. The third-order valence-corrected chi connectivity index (χ3v) is 4.21. The molecule has 0 spiro atoms. The molecular weight excluding hydrogens is 383 g/mol. The molecule has 0 unspecified atom stereocenters. The number of nitrogens with two attached hydrogens (primary N) is 1. The lowest BCUT2D eigenvalue weighted by molar-refractivity contribution is -0.571. The predicted octanol–water partition coefficient (Wildman–Crippen LogP) is 0.504. The predicted molar refractivity (Wildman–Crippen MR) is 98.8 cm³/mol. The van der Waals surface area contributed by atoms with Crippen LogP contribution in [0.5, 0.6) is 5.75 Å². The third-order valence-electron chi connectivity index (χ3n) is 3.82. The van der Waals surface area contributed by atoms with Crippen LogP contribution in [0.25, 0.3) is 21.8 Å². The van der Waals surface area contributed by atoms with E-state index >= 15 is 0 Å². The van der Waals surface area contributed by atoms with E-state index < -0.39 is 0 Å². The van der Waals surface area contributed by atoms with Crippen molar-refractivity contribution in [3.63, 3.8) is 0 Å². The van der Waals surface area contributed by atoms with Gasteiger partial charge in [-0.15, -0.1) is 11.6 Å². The van der Waals surface area contributed by atoms with Crippen LogP contribution in [0, 0.1) is 0 Å². The van der Waals surface area contributed by atoms with Crippen molar-refractivity contribution >= 4 is 50.7 Å². The molecule has 1 aromatic heterocycles. The zero-order valence-electron chi connectivity index (χ0n) is 13.8. The summed E-state index contributed by atoms with van der Waals surface area (Å²) in [6.07, 6.45) is 0. The first kappa shape index (κ1) is 20.0. The molecule has 0 fully saturated rings. The van der Waals surface area contributed by atoms with Crippen LogP contribution < -0.4 is 22.5 Å². The van der Waals surface area contributed by atoms with Gasteiger partial charge in [-0.3, -0.25) is 0 Å². The molecule has 0 radical (unpaired) electrons. The number of pyridine rings is 1. The van der Waals surface area contributed by atoms with Crippen LogP contribution in [0.4, 0.5) is 5.69 Å². The highest BCUT2D eigenvalue weighted by Crippen LogP contribution is 2.31. The normalized spacial score (nSPS) is 10.8. The van der Waals surface area contributed by atoms with Gasteiger partial charge >= 0.3 is 0 Å². The molecule has 2 aromatic carbocycles. The van der Waals surface area contributed by atoms with E-state index in [4.69, 9.17) is 37.7 Å². The highest BCUT2D eigenvalue weighted by atomic mass is 35.5. The monoisotopic (exact) mass is 400 g/mol. The Bertz CT molecular complexity index is 858. The number of quaternary nitrogens is 1. The van der Waals surface area contributed by atoms with Gasteiger partial charge in [-0.2, -0.15) is 0 Å². The quantitative estimate of drug-likeness (QED) is 0.356. The number of methoxy groups -OCH3 is 1. The summed E-state index contributed by atoms with van der Waals surface area (Å²) >= 11 is 11.8. The molecule has 1 heterocycles. The van der Waals surface area contributed by atoms with Crippen LogP contribution >= 0.6 is 23.2 Å². The minimum absolute atomic E-state index is 0. The summed E-state index contributed by atoms with van der Waals surface area (Å²) in [7, 11) is 1.67. The highest BCUT2D eigenvalue weighted by Gasteiger charge is 2.14. The standard InChI is InChI=1S/C18H18Cl2N2O2.ClH/c1-23-13-3-5-16-15(11-13)18(21-7-9-24-8-6-19)14-4-2-12(20)10-17(14)22-16;/h2-5,10-11H,6-9H2,1H3,(H,21,22);1H. The average Bonchev–Trinajstić information content (AvgIpc) is 2.60. The average molecular weight is 402 g/mol. The van der Waals surface area contributed by atoms with E-state index in [1.807, 2.05) is 36.4 Å². The van der Waals surface area contributed by atoms with Crippen LogP contribution in [-0.2, 0) is 4.74 Å². The van der Waals surface area contributed by atoms with Crippen molar-refractivity contribution in [1.29, 1.82) is 0 Å². The molecule has 2 N–H and O–H groups in total. The first-order chi connectivity index (χ1) is 11.7. The number of alkyl halides is 1. The van der Waals surface area contributed by atoms with E-state index in [1.165, 1.54) is 0 Å². The number of ether oxygens (including phenoxy) is 2. The van der Waals surface area contributed by atoms with Crippen LogP contribution in [0.2, 0.25) is 5.02 Å². The maximum Gasteiger partial charge on any atom is 0.148 e. The first-order valence-electron chi connectivity index (χ1n) is 7.77. The Morgan fingerprint density at radius 2 is 1.88 bits per heavy atom. The van der Waals surface area contributed by atoms with Gasteiger partial charge in [0.05, 0.1) is 42.1 Å². The summed E-state index contributed by atoms with van der Waals surface area (Å²) in [6.45, 7) is 2.00. The Morgan fingerprint density at radius 3 is 2.64 bits per heavy atom. The zero-order chi connectivity index (χ0) is 16.9. The number of fused-ring (bicyclic) bond motifs is 2. The van der Waals surface area contributed by atoms with Gasteiger partial charge in [-0.05, 0) is 36.4 Å². The Hall–Kier alpha value is -1.30. The molecule has 25 heavy (non-hydrogen) atoms. The molecule has 0 saturated carbocycles. The summed E-state index contributed by atoms with van der Waals surface area (Å²) in [5, 5.41) is 4.98. The maximum atomic E-state index is 6.13. The molecular formula is C18H19Cl3N2O2. The van der Waals surface area contributed by atoms with Gasteiger partial charge in [0.25, 0.3) is 0 Å². The van der Waals surface area contributed by atoms with Gasteiger partial charge in [0.2, 0.25) is 0 Å². The molecule has 0 bridgehead atoms. The number of halogens is 3. The lowest BCUT2D eigenvalue weighted by atomic mass is 10.1. The molecule has 0 amide bonds. The number of aromatic nitrogens is 1. The summed E-state index contributed by atoms with van der Waals surface area (Å²) < 4.78 is 10.8. The van der Waals surface area contributed by atoms with Crippen molar-refractivity contribution in [2.75, 3.05) is 32.7 Å². The molecule has 0 aliphatic rings. The van der Waals surface area contributed by atoms with E-state index in [-0.39, 0.29) is 12.4 Å². The molecule has 0 aliphatic carbocycles. The Balaban J connectivity index is 0.00000225. The summed E-state index contributed by atoms with van der Waals surface area (Å²) in [6, 6.07) is 11.7. The fourth-order valence-electron chi connectivity index (χ4n) is 2.72. The Kier molecular flexibility index (Phi) is 7.54. The maximum absolute atomic E-state index is 6.13. The van der Waals surface area contributed by atoms with Crippen LogP contribution in [0.3, 0.4) is 0 Å². The third kappa shape index (κ3) is 4.66. The number of rotatable bonds is 7. The topological polar surface area (TPSA) is 48.0 Å². The number of nitrogens with zero attached hydrogens (tertiary/aromatic N) is 1. The second kappa shape index (κ2) is 9.41. The lowest BCUT2D eigenvalue weighted by Crippen LogP contribution is -3.00. The summed E-state index contributed by atoms with van der Waals surface area (Å²) in [4.78, 5) is 4.72. The Morgan fingerprint density at radius 1 is 1.04 bits per heavy atom. The molecule has 0 atom stereocenters. The first-order valence-corrected chi connectivity index (χ1v) is 8.68. The van der Waals surface area contributed by atoms with Crippen molar-refractivity contribution in [3.05, 3.63) is 41.4 Å². The number of hydrogen-bond donors (Lipinski definition) is 1. The van der Waals surface area contributed by atoms with Gasteiger partial charge in [0, 0.05) is 10.9 Å². The minimum Gasteiger partial charge on any atom is -1.00 e. The highest BCUT2D eigenvalue weighted by molar-refractivity contribution is 6.31. The fourth-order valence-corrected chi connectivity index (χ4v) is 2.99. The van der Waals surface area contributed by atoms with Gasteiger partial charge in [-0.25, -0.2) is 4.98 Å². The molecule has 0 saturated heterocycles. The van der Waals surface area contributed by atoms with Crippen molar-refractivity contribution < 1.29 is 27.2 Å². The molecule has 134 valence electrons. The van der Waals surface area contributed by atoms with Gasteiger partial charge in [0.15, 0.2) is 0 Å². The minimum atomic E-state index is 0. The molecule has 3 aromatic rings. The SMILES string of the molecule is COc1ccc2nc3cc(Cl)ccc3c([NH2+]CCOCCCl)c2c1.[Cl-]. The smallest absolute Gasteiger partial charge is 0.148 e. The molecule has 7 heteroatoms. The zero-order valence-corrected chi connectivity index (χ0v) is 16.0.